The Morgan fingerprint density at radius 2 is 2.00 bits per heavy atom. The van der Waals surface area contributed by atoms with Gasteiger partial charge in [0.2, 0.25) is 0 Å². The van der Waals surface area contributed by atoms with E-state index in [0.29, 0.717) is 0 Å². The van der Waals surface area contributed by atoms with Crippen LogP contribution in [-0.2, 0) is 6.42 Å². The van der Waals surface area contributed by atoms with Gasteiger partial charge in [0, 0.05) is 11.3 Å². The first kappa shape index (κ1) is 13.2. The van der Waals surface area contributed by atoms with Gasteiger partial charge >= 0.3 is 0 Å². The minimum atomic E-state index is 0.121. The van der Waals surface area contributed by atoms with Crippen LogP contribution in [0.25, 0.3) is 0 Å². The van der Waals surface area contributed by atoms with Crippen molar-refractivity contribution in [2.75, 3.05) is 0 Å². The van der Waals surface area contributed by atoms with Crippen LogP contribution in [0.3, 0.4) is 0 Å². The molecule has 0 aliphatic heterocycles. The van der Waals surface area contributed by atoms with Crippen molar-refractivity contribution < 1.29 is 0 Å². The van der Waals surface area contributed by atoms with Crippen molar-refractivity contribution in [1.82, 2.24) is 10.4 Å². The third-order valence-corrected chi connectivity index (χ3v) is 4.31. The summed E-state index contributed by atoms with van der Waals surface area (Å²) >= 11 is 1.75. The summed E-state index contributed by atoms with van der Waals surface area (Å²) in [5, 5.41) is 1.14. The van der Waals surface area contributed by atoms with Gasteiger partial charge in [0.15, 0.2) is 0 Å². The second-order valence-electron chi connectivity index (χ2n) is 4.53. The Morgan fingerprint density at radius 3 is 2.56 bits per heavy atom. The molecule has 1 unspecified atom stereocenters. The number of thiazole rings is 1. The number of benzene rings is 1. The molecule has 3 N–H and O–H groups in total. The van der Waals surface area contributed by atoms with Crippen LogP contribution in [0.4, 0.5) is 0 Å². The minimum Gasteiger partial charge on any atom is -0.271 e. The highest BCUT2D eigenvalue weighted by atomic mass is 32.1. The van der Waals surface area contributed by atoms with Crippen LogP contribution in [-0.4, -0.2) is 4.98 Å². The Labute approximate surface area is 112 Å². The van der Waals surface area contributed by atoms with Gasteiger partial charge in [0.1, 0.15) is 0 Å². The molecule has 1 heterocycles. The van der Waals surface area contributed by atoms with Crippen molar-refractivity contribution in [3.8, 4) is 0 Å². The molecular weight excluding hydrogens is 242 g/mol. The summed E-state index contributed by atoms with van der Waals surface area (Å²) < 4.78 is 0. The second kappa shape index (κ2) is 5.61. The van der Waals surface area contributed by atoms with Crippen molar-refractivity contribution >= 4 is 11.3 Å². The first-order chi connectivity index (χ1) is 8.61. The van der Waals surface area contributed by atoms with Crippen LogP contribution < -0.4 is 11.3 Å². The molecule has 0 fully saturated rings. The largest absolute Gasteiger partial charge is 0.271 e. The van der Waals surface area contributed by atoms with Crippen molar-refractivity contribution in [3.63, 3.8) is 0 Å². The summed E-state index contributed by atoms with van der Waals surface area (Å²) in [5.41, 5.74) is 6.52. The number of nitrogens with zero attached hydrogens (tertiary/aromatic N) is 1. The van der Waals surface area contributed by atoms with E-state index in [2.05, 4.69) is 36.4 Å². The SMILES string of the molecule is Cc1ccccc1C(Cc1nc(C)c(C)s1)NN. The first-order valence-electron chi connectivity index (χ1n) is 6.06. The van der Waals surface area contributed by atoms with Gasteiger partial charge in [-0.05, 0) is 31.9 Å². The Kier molecular flexibility index (Phi) is 4.11. The maximum atomic E-state index is 5.69. The number of aryl methyl sites for hydroxylation is 3. The van der Waals surface area contributed by atoms with Gasteiger partial charge in [-0.25, -0.2) is 4.98 Å². The molecule has 2 aromatic rings. The molecular formula is C14H19N3S. The molecule has 18 heavy (non-hydrogen) atoms. The number of hydrogen-bond donors (Lipinski definition) is 2. The van der Waals surface area contributed by atoms with E-state index in [4.69, 9.17) is 5.84 Å². The fourth-order valence-electron chi connectivity index (χ4n) is 2.04. The predicted molar refractivity (Wildman–Crippen MR) is 76.5 cm³/mol. The van der Waals surface area contributed by atoms with Crippen molar-refractivity contribution in [3.05, 3.63) is 51.0 Å². The van der Waals surface area contributed by atoms with Crippen LogP contribution >= 0.6 is 11.3 Å². The predicted octanol–water partition coefficient (Wildman–Crippen LogP) is 2.82. The van der Waals surface area contributed by atoms with Gasteiger partial charge in [0.05, 0.1) is 16.7 Å². The monoisotopic (exact) mass is 261 g/mol. The Hall–Kier alpha value is -1.23. The molecule has 0 aliphatic rings. The topological polar surface area (TPSA) is 50.9 Å². The maximum absolute atomic E-state index is 5.69. The molecule has 1 aromatic heterocycles. The minimum absolute atomic E-state index is 0.121. The van der Waals surface area contributed by atoms with Gasteiger partial charge in [-0.2, -0.15) is 0 Å². The van der Waals surface area contributed by atoms with Crippen molar-refractivity contribution in [1.29, 1.82) is 0 Å². The fraction of sp³-hybridized carbons (Fsp3) is 0.357. The lowest BCUT2D eigenvalue weighted by Gasteiger charge is -2.17. The van der Waals surface area contributed by atoms with Gasteiger partial charge in [-0.15, -0.1) is 11.3 Å². The van der Waals surface area contributed by atoms with E-state index in [0.717, 1.165) is 17.1 Å². The average molecular weight is 261 g/mol. The van der Waals surface area contributed by atoms with Crippen LogP contribution in [0.5, 0.6) is 0 Å². The highest BCUT2D eigenvalue weighted by Crippen LogP contribution is 2.24. The van der Waals surface area contributed by atoms with Crippen LogP contribution in [0.2, 0.25) is 0 Å². The molecule has 1 atom stereocenters. The van der Waals surface area contributed by atoms with Gasteiger partial charge in [-0.1, -0.05) is 24.3 Å². The third kappa shape index (κ3) is 2.77. The molecule has 0 saturated heterocycles. The molecule has 1 aromatic carbocycles. The van der Waals surface area contributed by atoms with Crippen molar-refractivity contribution in [2.24, 2.45) is 5.84 Å². The summed E-state index contributed by atoms with van der Waals surface area (Å²) in [6.45, 7) is 6.27. The Balaban J connectivity index is 2.22. The molecule has 0 bridgehead atoms. The normalized spacial score (nSPS) is 12.7. The number of nitrogens with one attached hydrogen (secondary N) is 1. The lowest BCUT2D eigenvalue weighted by Crippen LogP contribution is -2.30. The van der Waals surface area contributed by atoms with Gasteiger partial charge in [-0.3, -0.25) is 11.3 Å². The van der Waals surface area contributed by atoms with E-state index in [1.54, 1.807) is 11.3 Å². The van der Waals surface area contributed by atoms with Gasteiger partial charge < -0.3 is 0 Å². The summed E-state index contributed by atoms with van der Waals surface area (Å²) in [4.78, 5) is 5.86. The maximum Gasteiger partial charge on any atom is 0.0950 e. The molecule has 4 heteroatoms. The quantitative estimate of drug-likeness (QED) is 0.657. The molecule has 0 spiro atoms. The Morgan fingerprint density at radius 1 is 1.28 bits per heavy atom. The van der Waals surface area contributed by atoms with E-state index in [-0.39, 0.29) is 6.04 Å². The summed E-state index contributed by atoms with van der Waals surface area (Å²) in [6.07, 6.45) is 0.834. The Bertz CT molecular complexity index is 514. The summed E-state index contributed by atoms with van der Waals surface area (Å²) in [7, 11) is 0. The number of rotatable bonds is 4. The number of nitrogens with two attached hydrogens (primary N) is 1. The number of hydrazine groups is 1. The molecule has 0 aliphatic carbocycles. The fourth-order valence-corrected chi connectivity index (χ4v) is 3.02. The first-order valence-corrected chi connectivity index (χ1v) is 6.88. The average Bonchev–Trinajstić information content (AvgIpc) is 2.66. The molecule has 96 valence electrons. The molecule has 0 radical (unpaired) electrons. The lowest BCUT2D eigenvalue weighted by molar-refractivity contribution is 0.548. The molecule has 2 rings (SSSR count). The third-order valence-electron chi connectivity index (χ3n) is 3.22. The molecule has 0 saturated carbocycles. The summed E-state index contributed by atoms with van der Waals surface area (Å²) in [5.74, 6) is 5.69. The standard InChI is InChI=1S/C14H19N3S/c1-9-6-4-5-7-12(9)13(17-15)8-14-16-10(2)11(3)18-14/h4-7,13,17H,8,15H2,1-3H3. The van der Waals surface area contributed by atoms with Crippen LogP contribution in [0.1, 0.15) is 32.7 Å². The van der Waals surface area contributed by atoms with Crippen LogP contribution in [0, 0.1) is 20.8 Å². The summed E-state index contributed by atoms with van der Waals surface area (Å²) in [6, 6.07) is 8.44. The van der Waals surface area contributed by atoms with Crippen molar-refractivity contribution in [2.45, 2.75) is 33.2 Å². The van der Waals surface area contributed by atoms with E-state index in [9.17, 15) is 0 Å². The van der Waals surface area contributed by atoms with E-state index >= 15 is 0 Å². The van der Waals surface area contributed by atoms with E-state index < -0.39 is 0 Å². The highest BCUT2D eigenvalue weighted by molar-refractivity contribution is 7.11. The van der Waals surface area contributed by atoms with E-state index in [1.165, 1.54) is 16.0 Å². The molecule has 3 nitrogen and oxygen atoms in total. The smallest absolute Gasteiger partial charge is 0.0950 e. The van der Waals surface area contributed by atoms with Crippen LogP contribution in [0.15, 0.2) is 24.3 Å². The highest BCUT2D eigenvalue weighted by Gasteiger charge is 2.15. The number of hydrogen-bond acceptors (Lipinski definition) is 4. The number of aromatic nitrogens is 1. The van der Waals surface area contributed by atoms with E-state index in [1.807, 2.05) is 19.1 Å². The second-order valence-corrected chi connectivity index (χ2v) is 5.82. The lowest BCUT2D eigenvalue weighted by atomic mass is 10.00. The van der Waals surface area contributed by atoms with Gasteiger partial charge in [0.25, 0.3) is 0 Å². The zero-order valence-electron chi connectivity index (χ0n) is 11.0. The zero-order valence-corrected chi connectivity index (χ0v) is 11.8. The molecule has 0 amide bonds. The zero-order chi connectivity index (χ0) is 13.1.